The number of amides is 3. The van der Waals surface area contributed by atoms with Crippen molar-refractivity contribution >= 4 is 23.5 Å². The summed E-state index contributed by atoms with van der Waals surface area (Å²) in [6, 6.07) is -0.618. The third-order valence-electron chi connectivity index (χ3n) is 2.02. The van der Waals surface area contributed by atoms with Crippen molar-refractivity contribution in [1.29, 1.82) is 0 Å². The highest BCUT2D eigenvalue weighted by molar-refractivity contribution is 6.29. The van der Waals surface area contributed by atoms with Crippen molar-refractivity contribution in [2.24, 2.45) is 16.0 Å². The number of fused-ring (bicyclic) bond motifs is 1. The summed E-state index contributed by atoms with van der Waals surface area (Å²) >= 11 is 0. The molecule has 0 aromatic rings. The number of carbonyl (C=O) groups excluding carboxylic acids is 2. The standard InChI is InChI=1S/C7H8N4O2/c1-3-4-5(11(2)10-3)8-7(13)9-6(4)12/h4H,1-2H3,(H,9,12,13). The van der Waals surface area contributed by atoms with E-state index in [0.29, 0.717) is 11.5 Å². The van der Waals surface area contributed by atoms with Crippen LogP contribution in [0.5, 0.6) is 0 Å². The fraction of sp³-hybridized carbons (Fsp3) is 0.429. The summed E-state index contributed by atoms with van der Waals surface area (Å²) in [6.45, 7) is 1.74. The summed E-state index contributed by atoms with van der Waals surface area (Å²) in [5.41, 5.74) is 0.659. The van der Waals surface area contributed by atoms with E-state index in [1.807, 2.05) is 0 Å². The van der Waals surface area contributed by atoms with E-state index in [0.717, 1.165) is 0 Å². The molecule has 6 heteroatoms. The van der Waals surface area contributed by atoms with Crippen molar-refractivity contribution in [3.8, 4) is 0 Å². The van der Waals surface area contributed by atoms with Crippen molar-refractivity contribution in [1.82, 2.24) is 10.3 Å². The van der Waals surface area contributed by atoms with Crippen LogP contribution in [0.2, 0.25) is 0 Å². The van der Waals surface area contributed by atoms with Gasteiger partial charge in [-0.3, -0.25) is 15.1 Å². The van der Waals surface area contributed by atoms with E-state index in [9.17, 15) is 9.59 Å². The number of carbonyl (C=O) groups is 2. The topological polar surface area (TPSA) is 74.1 Å². The summed E-state index contributed by atoms with van der Waals surface area (Å²) < 4.78 is 0. The predicted molar refractivity (Wildman–Crippen MR) is 45.3 cm³/mol. The Kier molecular flexibility index (Phi) is 1.45. The molecule has 0 spiro atoms. The number of nitrogens with zero attached hydrogens (tertiary/aromatic N) is 3. The van der Waals surface area contributed by atoms with Gasteiger partial charge in [-0.15, -0.1) is 0 Å². The van der Waals surface area contributed by atoms with Gasteiger partial charge in [0, 0.05) is 7.05 Å². The largest absolute Gasteiger partial charge is 0.349 e. The Labute approximate surface area is 74.3 Å². The van der Waals surface area contributed by atoms with Gasteiger partial charge in [0.25, 0.3) is 0 Å². The van der Waals surface area contributed by atoms with Crippen molar-refractivity contribution in [2.45, 2.75) is 6.92 Å². The van der Waals surface area contributed by atoms with Gasteiger partial charge < -0.3 is 0 Å². The molecule has 0 fully saturated rings. The van der Waals surface area contributed by atoms with Gasteiger partial charge in [-0.05, 0) is 6.92 Å². The highest BCUT2D eigenvalue weighted by Gasteiger charge is 2.39. The zero-order valence-corrected chi connectivity index (χ0v) is 7.24. The molecule has 2 aliphatic rings. The molecule has 0 bridgehead atoms. The van der Waals surface area contributed by atoms with E-state index in [1.165, 1.54) is 5.01 Å². The smallest absolute Gasteiger partial charge is 0.275 e. The molecule has 68 valence electrons. The second kappa shape index (κ2) is 2.38. The second-order valence-electron chi connectivity index (χ2n) is 2.96. The Morgan fingerprint density at radius 3 is 2.85 bits per heavy atom. The Balaban J connectivity index is 2.46. The lowest BCUT2D eigenvalue weighted by atomic mass is 10.0. The zero-order valence-electron chi connectivity index (χ0n) is 7.24. The molecule has 2 heterocycles. The van der Waals surface area contributed by atoms with Crippen LogP contribution in [0.15, 0.2) is 10.1 Å². The van der Waals surface area contributed by atoms with Crippen molar-refractivity contribution < 1.29 is 9.59 Å². The average Bonchev–Trinajstić information content (AvgIpc) is 2.27. The SMILES string of the molecule is CC1=NN(C)C2=NC(=O)NC(=O)C12. The molecule has 3 amide bonds. The minimum Gasteiger partial charge on any atom is -0.275 e. The maximum atomic E-state index is 11.3. The van der Waals surface area contributed by atoms with E-state index >= 15 is 0 Å². The van der Waals surface area contributed by atoms with Crippen LogP contribution in [0, 0.1) is 5.92 Å². The van der Waals surface area contributed by atoms with Crippen LogP contribution in [0.1, 0.15) is 6.92 Å². The number of hydrogen-bond acceptors (Lipinski definition) is 4. The molecule has 13 heavy (non-hydrogen) atoms. The summed E-state index contributed by atoms with van der Waals surface area (Å²) in [5, 5.41) is 7.61. The first kappa shape index (κ1) is 7.90. The van der Waals surface area contributed by atoms with Gasteiger partial charge in [-0.2, -0.15) is 10.1 Å². The Hall–Kier alpha value is -1.72. The van der Waals surface area contributed by atoms with Crippen molar-refractivity contribution in [2.75, 3.05) is 7.05 Å². The van der Waals surface area contributed by atoms with E-state index < -0.39 is 11.9 Å². The van der Waals surface area contributed by atoms with Gasteiger partial charge in [0.1, 0.15) is 11.8 Å². The zero-order chi connectivity index (χ0) is 9.59. The molecule has 1 unspecified atom stereocenters. The first-order valence-electron chi connectivity index (χ1n) is 3.82. The lowest BCUT2D eigenvalue weighted by Gasteiger charge is -2.17. The fourth-order valence-corrected chi connectivity index (χ4v) is 1.47. The minimum atomic E-state index is -0.618. The van der Waals surface area contributed by atoms with E-state index in [4.69, 9.17) is 0 Å². The number of hydrogen-bond donors (Lipinski definition) is 1. The summed E-state index contributed by atoms with van der Waals surface area (Å²) in [7, 11) is 1.66. The van der Waals surface area contributed by atoms with Crippen molar-refractivity contribution in [3.05, 3.63) is 0 Å². The number of aliphatic imine (C=N–C) groups is 1. The molecule has 0 aromatic heterocycles. The Morgan fingerprint density at radius 2 is 2.15 bits per heavy atom. The molecule has 2 rings (SSSR count). The summed E-state index contributed by atoms with van der Waals surface area (Å²) in [4.78, 5) is 25.9. The first-order chi connectivity index (χ1) is 6.09. The molecule has 0 radical (unpaired) electrons. The lowest BCUT2D eigenvalue weighted by Crippen LogP contribution is -2.46. The molecule has 1 N–H and O–H groups in total. The quantitative estimate of drug-likeness (QED) is 0.549. The number of rotatable bonds is 0. The average molecular weight is 180 g/mol. The third-order valence-corrected chi connectivity index (χ3v) is 2.02. The lowest BCUT2D eigenvalue weighted by molar-refractivity contribution is -0.120. The maximum Gasteiger partial charge on any atom is 0.349 e. The number of amidine groups is 1. The van der Waals surface area contributed by atoms with Crippen LogP contribution in [0.3, 0.4) is 0 Å². The molecule has 2 aliphatic heterocycles. The van der Waals surface area contributed by atoms with Crippen LogP contribution in [-0.2, 0) is 4.79 Å². The molecule has 0 aliphatic carbocycles. The maximum absolute atomic E-state index is 11.3. The van der Waals surface area contributed by atoms with Gasteiger partial charge >= 0.3 is 6.03 Å². The van der Waals surface area contributed by atoms with E-state index in [2.05, 4.69) is 15.4 Å². The monoisotopic (exact) mass is 180 g/mol. The highest BCUT2D eigenvalue weighted by atomic mass is 16.2. The number of imide groups is 1. The van der Waals surface area contributed by atoms with Crippen LogP contribution in [0.4, 0.5) is 4.79 Å². The van der Waals surface area contributed by atoms with Crippen LogP contribution < -0.4 is 5.32 Å². The van der Waals surface area contributed by atoms with Crippen molar-refractivity contribution in [3.63, 3.8) is 0 Å². The molecule has 0 saturated carbocycles. The van der Waals surface area contributed by atoms with Gasteiger partial charge in [0.2, 0.25) is 5.91 Å². The van der Waals surface area contributed by atoms with Crippen LogP contribution in [0.25, 0.3) is 0 Å². The second-order valence-corrected chi connectivity index (χ2v) is 2.96. The fourth-order valence-electron chi connectivity index (χ4n) is 1.47. The van der Waals surface area contributed by atoms with Crippen LogP contribution >= 0.6 is 0 Å². The minimum absolute atomic E-state index is 0.347. The number of nitrogens with one attached hydrogen (secondary N) is 1. The molecular weight excluding hydrogens is 172 g/mol. The Morgan fingerprint density at radius 1 is 1.46 bits per heavy atom. The van der Waals surface area contributed by atoms with Crippen LogP contribution in [-0.4, -0.2) is 35.5 Å². The molecular formula is C7H8N4O2. The molecule has 1 atom stereocenters. The van der Waals surface area contributed by atoms with Gasteiger partial charge in [0.05, 0.1) is 5.71 Å². The van der Waals surface area contributed by atoms with E-state index in [1.54, 1.807) is 14.0 Å². The molecule has 0 saturated heterocycles. The summed E-state index contributed by atoms with van der Waals surface area (Å²) in [5.74, 6) is -0.422. The summed E-state index contributed by atoms with van der Waals surface area (Å²) in [6.07, 6.45) is 0. The predicted octanol–water partition coefficient (Wildman–Crippen LogP) is -0.428. The number of urea groups is 1. The molecule has 6 nitrogen and oxygen atoms in total. The van der Waals surface area contributed by atoms with E-state index in [-0.39, 0.29) is 5.91 Å². The Bertz CT molecular complexity index is 358. The van der Waals surface area contributed by atoms with Gasteiger partial charge in [0.15, 0.2) is 0 Å². The number of hydrazone groups is 1. The van der Waals surface area contributed by atoms with Gasteiger partial charge in [-0.25, -0.2) is 4.79 Å². The first-order valence-corrected chi connectivity index (χ1v) is 3.82. The molecule has 0 aromatic carbocycles. The third kappa shape index (κ3) is 1.02. The normalized spacial score (nSPS) is 26.6. The highest BCUT2D eigenvalue weighted by Crippen LogP contribution is 2.18. The van der Waals surface area contributed by atoms with Gasteiger partial charge in [-0.1, -0.05) is 0 Å².